The van der Waals surface area contributed by atoms with Crippen LogP contribution in [0.3, 0.4) is 0 Å². The molecule has 15 heavy (non-hydrogen) atoms. The van der Waals surface area contributed by atoms with E-state index in [4.69, 9.17) is 4.74 Å². The maximum Gasteiger partial charge on any atom is 0.129 e. The lowest BCUT2D eigenvalue weighted by molar-refractivity contribution is 0.271. The Kier molecular flexibility index (Phi) is 4.40. The number of ether oxygens (including phenoxy) is 1. The fraction of sp³-hybridized carbons (Fsp3) is 0.583. The summed E-state index contributed by atoms with van der Waals surface area (Å²) in [6.07, 6.45) is 1.76. The maximum atomic E-state index is 5.61. The minimum atomic E-state index is 0.387. The molecular weight excluding hydrogens is 188 g/mol. The highest BCUT2D eigenvalue weighted by molar-refractivity contribution is 5.41. The van der Waals surface area contributed by atoms with Crippen LogP contribution in [0.1, 0.15) is 27.7 Å². The van der Waals surface area contributed by atoms with Gasteiger partial charge < -0.3 is 10.1 Å². The molecular formula is C12H20N2O. The van der Waals surface area contributed by atoms with Crippen molar-refractivity contribution in [3.05, 3.63) is 18.3 Å². The lowest BCUT2D eigenvalue weighted by Gasteiger charge is -2.12. The zero-order valence-corrected chi connectivity index (χ0v) is 9.95. The van der Waals surface area contributed by atoms with E-state index in [-0.39, 0.29) is 0 Å². The summed E-state index contributed by atoms with van der Waals surface area (Å²) in [5, 5.41) is 3.24. The molecule has 0 aliphatic carbocycles. The molecule has 0 aromatic carbocycles. The van der Waals surface area contributed by atoms with Crippen molar-refractivity contribution in [2.24, 2.45) is 5.92 Å². The Hall–Kier alpha value is -1.25. The summed E-state index contributed by atoms with van der Waals surface area (Å²) in [5.74, 6) is 2.28. The van der Waals surface area contributed by atoms with Gasteiger partial charge in [0.15, 0.2) is 0 Å². The molecule has 0 bridgehead atoms. The summed E-state index contributed by atoms with van der Waals surface area (Å²) < 4.78 is 5.61. The van der Waals surface area contributed by atoms with E-state index < -0.39 is 0 Å². The lowest BCUT2D eigenvalue weighted by Crippen LogP contribution is -2.11. The highest BCUT2D eigenvalue weighted by Gasteiger charge is 2.00. The average molecular weight is 208 g/mol. The van der Waals surface area contributed by atoms with Gasteiger partial charge in [-0.15, -0.1) is 0 Å². The molecule has 0 aliphatic heterocycles. The van der Waals surface area contributed by atoms with Gasteiger partial charge in [-0.05, 0) is 25.8 Å². The second kappa shape index (κ2) is 5.59. The first-order chi connectivity index (χ1) is 7.08. The number of rotatable bonds is 5. The van der Waals surface area contributed by atoms with Gasteiger partial charge in [-0.3, -0.25) is 0 Å². The zero-order valence-electron chi connectivity index (χ0n) is 9.95. The second-order valence-electron chi connectivity index (χ2n) is 4.38. The van der Waals surface area contributed by atoms with Gasteiger partial charge in [0, 0.05) is 18.3 Å². The molecule has 0 radical (unpaired) electrons. The first kappa shape index (κ1) is 11.8. The van der Waals surface area contributed by atoms with E-state index in [1.807, 2.05) is 12.1 Å². The standard InChI is InChI=1S/C12H20N2O/c1-9(2)8-15-11-5-6-13-12(7-11)14-10(3)4/h5-7,9-10H,8H2,1-4H3,(H,13,14). The molecule has 1 rings (SSSR count). The normalized spacial score (nSPS) is 10.8. The van der Waals surface area contributed by atoms with Crippen molar-refractivity contribution in [2.75, 3.05) is 11.9 Å². The van der Waals surface area contributed by atoms with Gasteiger partial charge in [0.2, 0.25) is 0 Å². The van der Waals surface area contributed by atoms with Crippen molar-refractivity contribution in [2.45, 2.75) is 33.7 Å². The number of nitrogens with one attached hydrogen (secondary N) is 1. The van der Waals surface area contributed by atoms with Gasteiger partial charge in [0.1, 0.15) is 11.6 Å². The van der Waals surface area contributed by atoms with Crippen LogP contribution in [-0.2, 0) is 0 Å². The third kappa shape index (κ3) is 4.68. The SMILES string of the molecule is CC(C)COc1ccnc(NC(C)C)c1. The topological polar surface area (TPSA) is 34.1 Å². The predicted octanol–water partition coefficient (Wildman–Crippen LogP) is 2.94. The predicted molar refractivity (Wildman–Crippen MR) is 63.3 cm³/mol. The number of nitrogens with zero attached hydrogens (tertiary/aromatic N) is 1. The monoisotopic (exact) mass is 208 g/mol. The summed E-state index contributed by atoms with van der Waals surface area (Å²) in [6, 6.07) is 4.20. The van der Waals surface area contributed by atoms with Crippen molar-refractivity contribution in [3.8, 4) is 5.75 Å². The van der Waals surface area contributed by atoms with Crippen LogP contribution in [0.25, 0.3) is 0 Å². The quantitative estimate of drug-likeness (QED) is 0.807. The third-order valence-electron chi connectivity index (χ3n) is 1.75. The van der Waals surface area contributed by atoms with Crippen molar-refractivity contribution in [3.63, 3.8) is 0 Å². The Bertz CT molecular complexity index is 297. The molecule has 1 N–H and O–H groups in total. The summed E-state index contributed by atoms with van der Waals surface area (Å²) in [5.41, 5.74) is 0. The molecule has 0 saturated heterocycles. The Labute approximate surface area is 91.9 Å². The minimum absolute atomic E-state index is 0.387. The van der Waals surface area contributed by atoms with Gasteiger partial charge in [-0.2, -0.15) is 0 Å². The first-order valence-electron chi connectivity index (χ1n) is 5.43. The van der Waals surface area contributed by atoms with E-state index in [0.717, 1.165) is 18.2 Å². The van der Waals surface area contributed by atoms with E-state index in [0.29, 0.717) is 12.0 Å². The van der Waals surface area contributed by atoms with E-state index >= 15 is 0 Å². The molecule has 3 heteroatoms. The summed E-state index contributed by atoms with van der Waals surface area (Å²) >= 11 is 0. The Morgan fingerprint density at radius 1 is 1.33 bits per heavy atom. The first-order valence-corrected chi connectivity index (χ1v) is 5.43. The van der Waals surface area contributed by atoms with Crippen molar-refractivity contribution < 1.29 is 4.74 Å². The molecule has 0 saturated carbocycles. The molecule has 1 heterocycles. The van der Waals surface area contributed by atoms with E-state index in [9.17, 15) is 0 Å². The Morgan fingerprint density at radius 3 is 2.67 bits per heavy atom. The molecule has 0 atom stereocenters. The number of aromatic nitrogens is 1. The Morgan fingerprint density at radius 2 is 2.07 bits per heavy atom. The van der Waals surface area contributed by atoms with Crippen LogP contribution >= 0.6 is 0 Å². The molecule has 0 unspecified atom stereocenters. The van der Waals surface area contributed by atoms with Crippen molar-refractivity contribution >= 4 is 5.82 Å². The number of hydrogen-bond acceptors (Lipinski definition) is 3. The molecule has 1 aromatic heterocycles. The van der Waals surface area contributed by atoms with Gasteiger partial charge >= 0.3 is 0 Å². The molecule has 3 nitrogen and oxygen atoms in total. The van der Waals surface area contributed by atoms with Crippen molar-refractivity contribution in [1.29, 1.82) is 0 Å². The second-order valence-corrected chi connectivity index (χ2v) is 4.38. The fourth-order valence-electron chi connectivity index (χ4n) is 1.14. The lowest BCUT2D eigenvalue weighted by atomic mass is 10.2. The van der Waals surface area contributed by atoms with Crippen LogP contribution < -0.4 is 10.1 Å². The van der Waals surface area contributed by atoms with Gasteiger partial charge in [-0.1, -0.05) is 13.8 Å². The fourth-order valence-corrected chi connectivity index (χ4v) is 1.14. The van der Waals surface area contributed by atoms with Crippen LogP contribution in [-0.4, -0.2) is 17.6 Å². The van der Waals surface area contributed by atoms with Crippen LogP contribution in [0, 0.1) is 5.92 Å². The van der Waals surface area contributed by atoms with Gasteiger partial charge in [0.25, 0.3) is 0 Å². The number of pyridine rings is 1. The Balaban J connectivity index is 2.57. The van der Waals surface area contributed by atoms with Crippen LogP contribution in [0.4, 0.5) is 5.82 Å². The molecule has 0 aliphatic rings. The smallest absolute Gasteiger partial charge is 0.129 e. The van der Waals surface area contributed by atoms with Crippen LogP contribution in [0.15, 0.2) is 18.3 Å². The van der Waals surface area contributed by atoms with E-state index in [1.165, 1.54) is 0 Å². The largest absolute Gasteiger partial charge is 0.493 e. The van der Waals surface area contributed by atoms with Crippen molar-refractivity contribution in [1.82, 2.24) is 4.98 Å². The maximum absolute atomic E-state index is 5.61. The number of hydrogen-bond donors (Lipinski definition) is 1. The van der Waals surface area contributed by atoms with Gasteiger partial charge in [-0.25, -0.2) is 4.98 Å². The molecule has 0 amide bonds. The summed E-state index contributed by atoms with van der Waals surface area (Å²) in [7, 11) is 0. The highest BCUT2D eigenvalue weighted by atomic mass is 16.5. The molecule has 84 valence electrons. The summed E-state index contributed by atoms with van der Waals surface area (Å²) in [4.78, 5) is 4.22. The molecule has 0 fully saturated rings. The zero-order chi connectivity index (χ0) is 11.3. The third-order valence-corrected chi connectivity index (χ3v) is 1.75. The van der Waals surface area contributed by atoms with E-state index in [1.54, 1.807) is 6.20 Å². The minimum Gasteiger partial charge on any atom is -0.493 e. The molecule has 1 aromatic rings. The average Bonchev–Trinajstić information content (AvgIpc) is 2.14. The number of anilines is 1. The van der Waals surface area contributed by atoms with E-state index in [2.05, 4.69) is 38.0 Å². The molecule has 0 spiro atoms. The summed E-state index contributed by atoms with van der Waals surface area (Å²) in [6.45, 7) is 9.18. The van der Waals surface area contributed by atoms with Gasteiger partial charge in [0.05, 0.1) is 6.61 Å². The van der Waals surface area contributed by atoms with Crippen LogP contribution in [0.2, 0.25) is 0 Å². The highest BCUT2D eigenvalue weighted by Crippen LogP contribution is 2.15. The van der Waals surface area contributed by atoms with Crippen LogP contribution in [0.5, 0.6) is 5.75 Å².